The van der Waals surface area contributed by atoms with Crippen LogP contribution in [-0.4, -0.2) is 25.7 Å². The van der Waals surface area contributed by atoms with Crippen molar-refractivity contribution >= 4 is 27.5 Å². The summed E-state index contributed by atoms with van der Waals surface area (Å²) in [6, 6.07) is 22.2. The first-order valence-electron chi connectivity index (χ1n) is 10.2. The van der Waals surface area contributed by atoms with Gasteiger partial charge in [-0.1, -0.05) is 38.1 Å². The lowest BCUT2D eigenvalue weighted by molar-refractivity contribution is 0.102. The van der Waals surface area contributed by atoms with Gasteiger partial charge in [-0.15, -0.1) is 0 Å². The van der Waals surface area contributed by atoms with Crippen molar-refractivity contribution in [2.75, 3.05) is 25.1 Å². The zero-order chi connectivity index (χ0) is 22.1. The molecule has 0 spiro atoms. The number of anilines is 1. The summed E-state index contributed by atoms with van der Waals surface area (Å²) in [6.45, 7) is 5.62. The highest BCUT2D eigenvalue weighted by Gasteiger charge is 2.11. The van der Waals surface area contributed by atoms with Gasteiger partial charge in [0.1, 0.15) is 30.5 Å². The molecule has 0 unspecified atom stereocenters. The molecule has 0 aliphatic rings. The predicted octanol–water partition coefficient (Wildman–Crippen LogP) is 6.19. The Bertz CT molecular complexity index is 992. The maximum Gasteiger partial charge on any atom is 0.255 e. The van der Waals surface area contributed by atoms with Gasteiger partial charge in [-0.25, -0.2) is 0 Å². The molecule has 0 aromatic heterocycles. The average molecular weight is 484 g/mol. The van der Waals surface area contributed by atoms with Gasteiger partial charge in [0.25, 0.3) is 5.91 Å². The quantitative estimate of drug-likeness (QED) is 0.349. The van der Waals surface area contributed by atoms with Crippen molar-refractivity contribution in [3.05, 3.63) is 82.8 Å². The summed E-state index contributed by atoms with van der Waals surface area (Å²) >= 11 is 3.48. The van der Waals surface area contributed by atoms with Gasteiger partial charge in [-0.3, -0.25) is 4.79 Å². The molecule has 0 bridgehead atoms. The van der Waals surface area contributed by atoms with Gasteiger partial charge in [-0.05, 0) is 64.3 Å². The molecule has 0 saturated carbocycles. The number of ether oxygens (including phenoxy) is 3. The number of hydrogen-bond acceptors (Lipinski definition) is 4. The molecule has 0 atom stereocenters. The minimum atomic E-state index is -0.208. The summed E-state index contributed by atoms with van der Waals surface area (Å²) in [5.74, 6) is 2.40. The highest BCUT2D eigenvalue weighted by atomic mass is 79.9. The number of carbonyl (C=O) groups excluding carboxylic acids is 1. The Kier molecular flexibility index (Phi) is 8.35. The lowest BCUT2D eigenvalue weighted by Crippen LogP contribution is -2.13. The van der Waals surface area contributed by atoms with Crippen molar-refractivity contribution in [1.82, 2.24) is 0 Å². The van der Waals surface area contributed by atoms with Crippen LogP contribution >= 0.6 is 15.9 Å². The van der Waals surface area contributed by atoms with Crippen LogP contribution < -0.4 is 19.5 Å². The zero-order valence-corrected chi connectivity index (χ0v) is 19.2. The van der Waals surface area contributed by atoms with Gasteiger partial charge in [-0.2, -0.15) is 0 Å². The lowest BCUT2D eigenvalue weighted by Gasteiger charge is -2.12. The smallest absolute Gasteiger partial charge is 0.255 e. The van der Waals surface area contributed by atoms with Crippen LogP contribution in [0, 0.1) is 5.92 Å². The predicted molar refractivity (Wildman–Crippen MR) is 126 cm³/mol. The molecule has 0 heterocycles. The van der Waals surface area contributed by atoms with Crippen LogP contribution in [0.25, 0.3) is 0 Å². The monoisotopic (exact) mass is 483 g/mol. The van der Waals surface area contributed by atoms with Gasteiger partial charge < -0.3 is 19.5 Å². The van der Waals surface area contributed by atoms with Crippen LogP contribution in [0.1, 0.15) is 24.2 Å². The molecule has 3 rings (SSSR count). The molecule has 162 valence electrons. The molecule has 0 aliphatic heterocycles. The Morgan fingerprint density at radius 3 is 2.29 bits per heavy atom. The third-order valence-electron chi connectivity index (χ3n) is 4.22. The fourth-order valence-electron chi connectivity index (χ4n) is 2.72. The molecule has 1 N–H and O–H groups in total. The molecule has 31 heavy (non-hydrogen) atoms. The SMILES string of the molecule is CC(C)COc1ccc(C(=O)Nc2cccc(OCCOc3ccccc3)c2)cc1Br. The summed E-state index contributed by atoms with van der Waals surface area (Å²) in [5, 5.41) is 2.90. The second-order valence-electron chi connectivity index (χ2n) is 7.34. The first kappa shape index (κ1) is 22.7. The van der Waals surface area contributed by atoms with Crippen LogP contribution in [0.4, 0.5) is 5.69 Å². The van der Waals surface area contributed by atoms with E-state index in [1.165, 1.54) is 0 Å². The van der Waals surface area contributed by atoms with Gasteiger partial charge in [0, 0.05) is 17.3 Å². The largest absolute Gasteiger partial charge is 0.492 e. The molecular formula is C25H26BrNO4. The summed E-state index contributed by atoms with van der Waals surface area (Å²) in [5.41, 5.74) is 1.19. The third-order valence-corrected chi connectivity index (χ3v) is 4.84. The molecule has 3 aromatic rings. The van der Waals surface area contributed by atoms with E-state index in [1.54, 1.807) is 24.3 Å². The Labute approximate surface area is 191 Å². The van der Waals surface area contributed by atoms with E-state index >= 15 is 0 Å². The lowest BCUT2D eigenvalue weighted by atomic mass is 10.2. The summed E-state index contributed by atoms with van der Waals surface area (Å²) < 4.78 is 17.8. The van der Waals surface area contributed by atoms with Crippen LogP contribution in [-0.2, 0) is 0 Å². The molecule has 1 amide bonds. The first-order chi connectivity index (χ1) is 15.0. The standard InChI is InChI=1S/C25H26BrNO4/c1-18(2)17-31-24-12-11-19(15-23(24)26)25(28)27-20-7-6-10-22(16-20)30-14-13-29-21-8-4-3-5-9-21/h3-12,15-16,18H,13-14,17H2,1-2H3,(H,27,28). The van der Waals surface area contributed by atoms with Crippen molar-refractivity contribution < 1.29 is 19.0 Å². The number of carbonyl (C=O) groups is 1. The summed E-state index contributed by atoms with van der Waals surface area (Å²) in [7, 11) is 0. The molecule has 5 nitrogen and oxygen atoms in total. The van der Waals surface area contributed by atoms with Crippen LogP contribution in [0.5, 0.6) is 17.2 Å². The van der Waals surface area contributed by atoms with E-state index in [0.717, 1.165) is 16.0 Å². The maximum absolute atomic E-state index is 12.6. The summed E-state index contributed by atoms with van der Waals surface area (Å²) in [6.07, 6.45) is 0. The number of para-hydroxylation sites is 1. The molecule has 0 fully saturated rings. The van der Waals surface area contributed by atoms with Crippen LogP contribution in [0.15, 0.2) is 77.3 Å². The van der Waals surface area contributed by atoms with E-state index in [1.807, 2.05) is 48.5 Å². The number of hydrogen-bond donors (Lipinski definition) is 1. The van der Waals surface area contributed by atoms with Crippen molar-refractivity contribution in [1.29, 1.82) is 0 Å². The van der Waals surface area contributed by atoms with Gasteiger partial charge >= 0.3 is 0 Å². The number of amides is 1. The highest BCUT2D eigenvalue weighted by molar-refractivity contribution is 9.10. The number of rotatable bonds is 10. The normalized spacial score (nSPS) is 10.6. The second kappa shape index (κ2) is 11.4. The Morgan fingerprint density at radius 2 is 1.58 bits per heavy atom. The topological polar surface area (TPSA) is 56.8 Å². The molecule has 0 aliphatic carbocycles. The van der Waals surface area contributed by atoms with Gasteiger partial charge in [0.2, 0.25) is 0 Å². The Balaban J connectivity index is 1.52. The van der Waals surface area contributed by atoms with Crippen molar-refractivity contribution in [2.45, 2.75) is 13.8 Å². The molecular weight excluding hydrogens is 458 g/mol. The Morgan fingerprint density at radius 1 is 0.871 bits per heavy atom. The molecule has 0 radical (unpaired) electrons. The van der Waals surface area contributed by atoms with Crippen LogP contribution in [0.3, 0.4) is 0 Å². The summed E-state index contributed by atoms with van der Waals surface area (Å²) in [4.78, 5) is 12.6. The highest BCUT2D eigenvalue weighted by Crippen LogP contribution is 2.27. The van der Waals surface area contributed by atoms with Crippen molar-refractivity contribution in [2.24, 2.45) is 5.92 Å². The fraction of sp³-hybridized carbons (Fsp3) is 0.240. The molecule has 6 heteroatoms. The van der Waals surface area contributed by atoms with E-state index in [2.05, 4.69) is 35.1 Å². The first-order valence-corrected chi connectivity index (χ1v) is 10.9. The second-order valence-corrected chi connectivity index (χ2v) is 8.20. The molecule has 0 saturated heterocycles. The van der Waals surface area contributed by atoms with Gasteiger partial charge in [0.15, 0.2) is 0 Å². The van der Waals surface area contributed by atoms with Gasteiger partial charge in [0.05, 0.1) is 11.1 Å². The number of halogens is 1. The minimum Gasteiger partial charge on any atom is -0.492 e. The number of benzene rings is 3. The van der Waals surface area contributed by atoms with Crippen LogP contribution in [0.2, 0.25) is 0 Å². The zero-order valence-electron chi connectivity index (χ0n) is 17.6. The van der Waals surface area contributed by atoms with E-state index in [0.29, 0.717) is 42.7 Å². The van der Waals surface area contributed by atoms with E-state index in [9.17, 15) is 4.79 Å². The average Bonchev–Trinajstić information content (AvgIpc) is 2.77. The maximum atomic E-state index is 12.6. The number of nitrogens with one attached hydrogen (secondary N) is 1. The van der Waals surface area contributed by atoms with Crippen molar-refractivity contribution in [3.8, 4) is 17.2 Å². The fourth-order valence-corrected chi connectivity index (χ4v) is 3.21. The Hall–Kier alpha value is -2.99. The van der Waals surface area contributed by atoms with E-state index in [-0.39, 0.29) is 5.91 Å². The van der Waals surface area contributed by atoms with E-state index < -0.39 is 0 Å². The van der Waals surface area contributed by atoms with E-state index in [4.69, 9.17) is 14.2 Å². The van der Waals surface area contributed by atoms with Crippen molar-refractivity contribution in [3.63, 3.8) is 0 Å². The minimum absolute atomic E-state index is 0.208. The molecule has 3 aromatic carbocycles. The third kappa shape index (κ3) is 7.33.